The number of nitrogens with zero attached hydrogens (tertiary/aromatic N) is 5. The van der Waals surface area contributed by atoms with Crippen molar-refractivity contribution in [2.75, 3.05) is 26.2 Å². The third-order valence-electron chi connectivity index (χ3n) is 4.71. The van der Waals surface area contributed by atoms with Crippen molar-refractivity contribution in [3.63, 3.8) is 0 Å². The fourth-order valence-electron chi connectivity index (χ4n) is 3.29. The van der Waals surface area contributed by atoms with Crippen LogP contribution < -0.4 is 0 Å². The van der Waals surface area contributed by atoms with Gasteiger partial charge in [0.1, 0.15) is 5.65 Å². The Bertz CT molecular complexity index is 796. The highest BCUT2D eigenvalue weighted by Gasteiger charge is 2.19. The Labute approximate surface area is 152 Å². The summed E-state index contributed by atoms with van der Waals surface area (Å²) >= 11 is 1.79. The zero-order valence-corrected chi connectivity index (χ0v) is 15.7. The molecule has 25 heavy (non-hydrogen) atoms. The minimum Gasteiger partial charge on any atom is -0.307 e. The summed E-state index contributed by atoms with van der Waals surface area (Å²) in [4.78, 5) is 14.5. The van der Waals surface area contributed by atoms with Crippen LogP contribution in [0.4, 0.5) is 0 Å². The van der Waals surface area contributed by atoms with Crippen LogP contribution in [-0.2, 0) is 13.1 Å². The van der Waals surface area contributed by atoms with Gasteiger partial charge >= 0.3 is 0 Å². The molecule has 0 radical (unpaired) electrons. The van der Waals surface area contributed by atoms with E-state index in [-0.39, 0.29) is 0 Å². The first-order valence-corrected chi connectivity index (χ1v) is 9.87. The average molecular weight is 356 g/mol. The number of aromatic nitrogens is 3. The van der Waals surface area contributed by atoms with Crippen molar-refractivity contribution < 1.29 is 0 Å². The zero-order chi connectivity index (χ0) is 17.2. The molecule has 0 aliphatic carbocycles. The number of hydrogen-bond acceptors (Lipinski definition) is 5. The minimum atomic E-state index is 0.529. The summed E-state index contributed by atoms with van der Waals surface area (Å²) in [5, 5.41) is 3.47. The van der Waals surface area contributed by atoms with Gasteiger partial charge in [0, 0.05) is 63.0 Å². The molecule has 3 aromatic heterocycles. The van der Waals surface area contributed by atoms with Gasteiger partial charge in [-0.25, -0.2) is 9.97 Å². The van der Waals surface area contributed by atoms with E-state index < -0.39 is 0 Å². The Morgan fingerprint density at radius 2 is 1.72 bits per heavy atom. The smallest absolute Gasteiger partial charge is 0.137 e. The molecule has 0 amide bonds. The van der Waals surface area contributed by atoms with Gasteiger partial charge in [0.2, 0.25) is 0 Å². The molecule has 1 fully saturated rings. The van der Waals surface area contributed by atoms with Crippen LogP contribution in [0.2, 0.25) is 0 Å². The normalized spacial score (nSPS) is 16.9. The molecule has 1 aliphatic heterocycles. The molecular weight excluding hydrogens is 330 g/mol. The Kier molecular flexibility index (Phi) is 4.83. The van der Waals surface area contributed by atoms with E-state index >= 15 is 0 Å². The predicted octanol–water partition coefficient (Wildman–Crippen LogP) is 3.23. The largest absolute Gasteiger partial charge is 0.307 e. The molecular formula is C19H25N5S. The summed E-state index contributed by atoms with van der Waals surface area (Å²) < 4.78 is 2.10. The number of thiazole rings is 1. The van der Waals surface area contributed by atoms with Gasteiger partial charge in [-0.15, -0.1) is 11.3 Å². The lowest BCUT2D eigenvalue weighted by atomic mass is 10.2. The highest BCUT2D eigenvalue weighted by Crippen LogP contribution is 2.20. The van der Waals surface area contributed by atoms with E-state index in [1.165, 1.54) is 10.7 Å². The van der Waals surface area contributed by atoms with E-state index in [1.54, 1.807) is 11.3 Å². The first-order chi connectivity index (χ1) is 12.2. The molecule has 0 atom stereocenters. The molecule has 0 bridgehead atoms. The molecule has 1 aliphatic rings. The Hall–Kier alpha value is -1.76. The topological polar surface area (TPSA) is 36.7 Å². The van der Waals surface area contributed by atoms with E-state index in [9.17, 15) is 0 Å². The van der Waals surface area contributed by atoms with Crippen molar-refractivity contribution in [1.82, 2.24) is 24.2 Å². The van der Waals surface area contributed by atoms with Crippen LogP contribution in [0.5, 0.6) is 0 Å². The summed E-state index contributed by atoms with van der Waals surface area (Å²) in [5.74, 6) is 0.529. The maximum Gasteiger partial charge on any atom is 0.137 e. The molecule has 1 saturated heterocycles. The molecule has 132 valence electrons. The number of fused-ring (bicyclic) bond motifs is 1. The van der Waals surface area contributed by atoms with Crippen molar-refractivity contribution in [2.24, 2.45) is 0 Å². The van der Waals surface area contributed by atoms with E-state index in [4.69, 9.17) is 9.97 Å². The molecule has 0 spiro atoms. The molecule has 4 heterocycles. The van der Waals surface area contributed by atoms with E-state index in [0.717, 1.165) is 50.6 Å². The lowest BCUT2D eigenvalue weighted by Crippen LogP contribution is -2.45. The Morgan fingerprint density at radius 3 is 2.36 bits per heavy atom. The van der Waals surface area contributed by atoms with Gasteiger partial charge < -0.3 is 4.40 Å². The van der Waals surface area contributed by atoms with E-state index in [2.05, 4.69) is 51.9 Å². The first kappa shape index (κ1) is 16.7. The molecule has 4 rings (SSSR count). The second kappa shape index (κ2) is 7.23. The maximum atomic E-state index is 4.77. The molecule has 0 unspecified atom stereocenters. The van der Waals surface area contributed by atoms with Crippen molar-refractivity contribution >= 4 is 17.0 Å². The first-order valence-electron chi connectivity index (χ1n) is 8.99. The second-order valence-corrected chi connectivity index (χ2v) is 7.97. The van der Waals surface area contributed by atoms with Crippen molar-refractivity contribution in [1.29, 1.82) is 0 Å². The predicted molar refractivity (Wildman–Crippen MR) is 102 cm³/mol. The molecule has 6 heteroatoms. The van der Waals surface area contributed by atoms with Gasteiger partial charge in [0.05, 0.1) is 16.4 Å². The molecule has 0 saturated carbocycles. The summed E-state index contributed by atoms with van der Waals surface area (Å²) in [7, 11) is 0. The summed E-state index contributed by atoms with van der Waals surface area (Å²) in [5.41, 5.74) is 3.41. The van der Waals surface area contributed by atoms with E-state index in [1.807, 2.05) is 12.1 Å². The number of hydrogen-bond donors (Lipinski definition) is 0. The number of pyridine rings is 1. The summed E-state index contributed by atoms with van der Waals surface area (Å²) in [6, 6.07) is 6.13. The van der Waals surface area contributed by atoms with Crippen LogP contribution in [-0.4, -0.2) is 50.3 Å². The monoisotopic (exact) mass is 355 g/mol. The molecule has 0 N–H and O–H groups in total. The third kappa shape index (κ3) is 3.92. The van der Waals surface area contributed by atoms with Gasteiger partial charge in [-0.1, -0.05) is 19.9 Å². The van der Waals surface area contributed by atoms with Crippen molar-refractivity contribution in [3.8, 4) is 0 Å². The van der Waals surface area contributed by atoms with Gasteiger partial charge in [0.25, 0.3) is 0 Å². The second-order valence-electron chi connectivity index (χ2n) is 7.08. The third-order valence-corrected chi connectivity index (χ3v) is 5.91. The van der Waals surface area contributed by atoms with Gasteiger partial charge in [-0.3, -0.25) is 9.80 Å². The lowest BCUT2D eigenvalue weighted by Gasteiger charge is -2.33. The van der Waals surface area contributed by atoms with E-state index in [0.29, 0.717) is 5.92 Å². The van der Waals surface area contributed by atoms with Crippen LogP contribution in [0, 0.1) is 0 Å². The fraction of sp³-hybridized carbons (Fsp3) is 0.474. The molecule has 0 aromatic carbocycles. The average Bonchev–Trinajstić information content (AvgIpc) is 3.23. The Morgan fingerprint density at radius 1 is 1.00 bits per heavy atom. The number of piperazine rings is 1. The quantitative estimate of drug-likeness (QED) is 0.704. The zero-order valence-electron chi connectivity index (χ0n) is 14.9. The SMILES string of the molecule is CC(C)c1nc(CN2CCN(Cc3cn4ccccc4n3)CC2)cs1. The number of imidazole rings is 1. The minimum absolute atomic E-state index is 0.529. The summed E-state index contributed by atoms with van der Waals surface area (Å²) in [6.45, 7) is 10.7. The van der Waals surface area contributed by atoms with Gasteiger partial charge in [-0.2, -0.15) is 0 Å². The fourth-order valence-corrected chi connectivity index (χ4v) is 4.11. The Balaban J connectivity index is 1.30. The van der Waals surface area contributed by atoms with Crippen LogP contribution in [0.3, 0.4) is 0 Å². The van der Waals surface area contributed by atoms with Crippen LogP contribution >= 0.6 is 11.3 Å². The summed E-state index contributed by atoms with van der Waals surface area (Å²) in [6.07, 6.45) is 4.20. The standard InChI is InChI=1S/C19H25N5S/c1-15(2)19-21-17(14-25-19)12-23-9-7-22(8-10-23)11-16-13-24-6-4-3-5-18(24)20-16/h3-6,13-15H,7-12H2,1-2H3. The van der Waals surface area contributed by atoms with Crippen LogP contribution in [0.25, 0.3) is 5.65 Å². The highest BCUT2D eigenvalue weighted by molar-refractivity contribution is 7.09. The van der Waals surface area contributed by atoms with Crippen LogP contribution in [0.1, 0.15) is 36.2 Å². The number of rotatable bonds is 5. The lowest BCUT2D eigenvalue weighted by molar-refractivity contribution is 0.120. The highest BCUT2D eigenvalue weighted by atomic mass is 32.1. The van der Waals surface area contributed by atoms with Gasteiger partial charge in [-0.05, 0) is 12.1 Å². The molecule has 3 aromatic rings. The maximum absolute atomic E-state index is 4.77. The van der Waals surface area contributed by atoms with Crippen molar-refractivity contribution in [3.05, 3.63) is 52.4 Å². The van der Waals surface area contributed by atoms with Crippen molar-refractivity contribution in [2.45, 2.75) is 32.9 Å². The molecule has 5 nitrogen and oxygen atoms in total. The van der Waals surface area contributed by atoms with Gasteiger partial charge in [0.15, 0.2) is 0 Å². The van der Waals surface area contributed by atoms with Crippen LogP contribution in [0.15, 0.2) is 36.0 Å².